The average molecular weight is 283 g/mol. The highest BCUT2D eigenvalue weighted by atomic mass is 16.5. The number of anilines is 2. The van der Waals surface area contributed by atoms with Crippen molar-refractivity contribution in [2.24, 2.45) is 0 Å². The molecule has 0 unspecified atom stereocenters. The van der Waals surface area contributed by atoms with Crippen LogP contribution in [-0.2, 0) is 0 Å². The highest BCUT2D eigenvalue weighted by molar-refractivity contribution is 5.51. The molecule has 0 spiro atoms. The van der Waals surface area contributed by atoms with Crippen LogP contribution in [0.2, 0.25) is 0 Å². The Kier molecular flexibility index (Phi) is 3.59. The summed E-state index contributed by atoms with van der Waals surface area (Å²) in [6, 6.07) is 11.4. The van der Waals surface area contributed by atoms with Gasteiger partial charge >= 0.3 is 0 Å². The van der Waals surface area contributed by atoms with Crippen molar-refractivity contribution in [1.29, 1.82) is 0 Å². The molecule has 2 heterocycles. The van der Waals surface area contributed by atoms with E-state index < -0.39 is 0 Å². The van der Waals surface area contributed by atoms with E-state index in [1.165, 1.54) is 0 Å². The number of hydrogen-bond acceptors (Lipinski definition) is 5. The first-order chi connectivity index (χ1) is 10.2. The van der Waals surface area contributed by atoms with Gasteiger partial charge in [-0.2, -0.15) is 9.61 Å². The number of nitrogen functional groups attached to an aromatic ring is 1. The number of nitrogens with one attached hydrogen (secondary N) is 1. The predicted molar refractivity (Wildman–Crippen MR) is 82.6 cm³/mol. The fraction of sp³-hybridized carbons (Fsp3) is 0.200. The molecule has 1 aromatic carbocycles. The Hall–Kier alpha value is -2.76. The molecule has 3 N–H and O–H groups in total. The number of hydrogen-bond donors (Lipinski definition) is 2. The van der Waals surface area contributed by atoms with Crippen LogP contribution in [0.3, 0.4) is 0 Å². The number of rotatable bonds is 5. The summed E-state index contributed by atoms with van der Waals surface area (Å²) in [6.07, 6.45) is 1.55. The standard InChI is InChI=1S/C15H17N5O/c1-11-8-14(20-15(9-11)18-10-19-20)17-6-7-21-13-4-2-12(16)3-5-13/h2-5,8-10,17H,6-7,16H2,1H3. The molecule has 3 rings (SSSR count). The largest absolute Gasteiger partial charge is 0.492 e. The molecule has 0 amide bonds. The SMILES string of the molecule is Cc1cc(NCCOc2ccc(N)cc2)n2ncnc2c1. The molecule has 0 atom stereocenters. The second-order valence-corrected chi connectivity index (χ2v) is 4.79. The van der Waals surface area contributed by atoms with Gasteiger partial charge in [-0.25, -0.2) is 4.98 Å². The van der Waals surface area contributed by atoms with Crippen LogP contribution in [0, 0.1) is 6.92 Å². The summed E-state index contributed by atoms with van der Waals surface area (Å²) in [6.45, 7) is 3.25. The molecule has 3 aromatic rings. The highest BCUT2D eigenvalue weighted by Crippen LogP contribution is 2.14. The summed E-state index contributed by atoms with van der Waals surface area (Å²) >= 11 is 0. The molecule has 0 aliphatic carbocycles. The monoisotopic (exact) mass is 283 g/mol. The maximum absolute atomic E-state index is 5.64. The topological polar surface area (TPSA) is 77.5 Å². The van der Waals surface area contributed by atoms with Crippen LogP contribution in [0.4, 0.5) is 11.5 Å². The normalized spacial score (nSPS) is 10.7. The lowest BCUT2D eigenvalue weighted by Crippen LogP contribution is -2.14. The van der Waals surface area contributed by atoms with Gasteiger partial charge < -0.3 is 15.8 Å². The van der Waals surface area contributed by atoms with Crippen molar-refractivity contribution in [3.05, 3.63) is 48.3 Å². The number of benzene rings is 1. The number of aryl methyl sites for hydroxylation is 1. The Balaban J connectivity index is 1.59. The average Bonchev–Trinajstić information content (AvgIpc) is 2.93. The Labute approximate surface area is 122 Å². The smallest absolute Gasteiger partial charge is 0.157 e. The van der Waals surface area contributed by atoms with Gasteiger partial charge in [0.05, 0.1) is 6.54 Å². The number of nitrogens with two attached hydrogens (primary N) is 1. The van der Waals surface area contributed by atoms with Gasteiger partial charge in [0.25, 0.3) is 0 Å². The Morgan fingerprint density at radius 2 is 2.05 bits per heavy atom. The van der Waals surface area contributed by atoms with Crippen molar-refractivity contribution in [3.8, 4) is 5.75 Å². The molecule has 0 radical (unpaired) electrons. The molecule has 0 aliphatic rings. The summed E-state index contributed by atoms with van der Waals surface area (Å²) in [5.74, 6) is 1.71. The lowest BCUT2D eigenvalue weighted by Gasteiger charge is -2.10. The molecule has 6 nitrogen and oxygen atoms in total. The number of aromatic nitrogens is 3. The molecule has 0 saturated heterocycles. The van der Waals surface area contributed by atoms with E-state index in [0.29, 0.717) is 13.2 Å². The lowest BCUT2D eigenvalue weighted by atomic mass is 10.3. The van der Waals surface area contributed by atoms with E-state index in [1.54, 1.807) is 10.8 Å². The molecular weight excluding hydrogens is 266 g/mol. The van der Waals surface area contributed by atoms with Gasteiger partial charge in [0.1, 0.15) is 24.5 Å². The quantitative estimate of drug-likeness (QED) is 0.554. The first-order valence-electron chi connectivity index (χ1n) is 6.75. The second kappa shape index (κ2) is 5.70. The zero-order chi connectivity index (χ0) is 14.7. The van der Waals surface area contributed by atoms with Crippen LogP contribution in [0.1, 0.15) is 5.56 Å². The fourth-order valence-corrected chi connectivity index (χ4v) is 2.09. The van der Waals surface area contributed by atoms with Gasteiger partial charge in [0.2, 0.25) is 0 Å². The number of fused-ring (bicyclic) bond motifs is 1. The van der Waals surface area contributed by atoms with E-state index in [0.717, 1.165) is 28.5 Å². The van der Waals surface area contributed by atoms with Gasteiger partial charge in [0.15, 0.2) is 5.65 Å². The first-order valence-corrected chi connectivity index (χ1v) is 6.75. The molecule has 0 fully saturated rings. The van der Waals surface area contributed by atoms with E-state index in [-0.39, 0.29) is 0 Å². The van der Waals surface area contributed by atoms with Crippen molar-refractivity contribution >= 4 is 17.2 Å². The number of ether oxygens (including phenoxy) is 1. The van der Waals surface area contributed by atoms with E-state index >= 15 is 0 Å². The van der Waals surface area contributed by atoms with Crippen LogP contribution in [0.25, 0.3) is 5.65 Å². The van der Waals surface area contributed by atoms with Gasteiger partial charge in [-0.05, 0) is 48.9 Å². The van der Waals surface area contributed by atoms with Gasteiger partial charge in [-0.1, -0.05) is 0 Å². The molecule has 108 valence electrons. The second-order valence-electron chi connectivity index (χ2n) is 4.79. The number of nitrogens with zero attached hydrogens (tertiary/aromatic N) is 3. The third-order valence-electron chi connectivity index (χ3n) is 3.08. The van der Waals surface area contributed by atoms with E-state index in [9.17, 15) is 0 Å². The van der Waals surface area contributed by atoms with Crippen LogP contribution in [0.15, 0.2) is 42.7 Å². The van der Waals surface area contributed by atoms with E-state index in [4.69, 9.17) is 10.5 Å². The van der Waals surface area contributed by atoms with Crippen LogP contribution >= 0.6 is 0 Å². The molecule has 21 heavy (non-hydrogen) atoms. The van der Waals surface area contributed by atoms with E-state index in [2.05, 4.69) is 15.4 Å². The maximum Gasteiger partial charge on any atom is 0.157 e. The minimum Gasteiger partial charge on any atom is -0.492 e. The number of pyridine rings is 1. The first kappa shape index (κ1) is 13.2. The molecular formula is C15H17N5O. The fourth-order valence-electron chi connectivity index (χ4n) is 2.09. The van der Waals surface area contributed by atoms with Gasteiger partial charge in [-0.15, -0.1) is 0 Å². The van der Waals surface area contributed by atoms with Crippen LogP contribution < -0.4 is 15.8 Å². The molecule has 2 aromatic heterocycles. The predicted octanol–water partition coefficient (Wildman–Crippen LogP) is 2.11. The van der Waals surface area contributed by atoms with Crippen LogP contribution in [0.5, 0.6) is 5.75 Å². The third kappa shape index (κ3) is 3.05. The summed E-state index contributed by atoms with van der Waals surface area (Å²) in [7, 11) is 0. The zero-order valence-electron chi connectivity index (χ0n) is 11.8. The highest BCUT2D eigenvalue weighted by Gasteiger charge is 2.03. The van der Waals surface area contributed by atoms with Crippen molar-refractivity contribution < 1.29 is 4.74 Å². The Bertz CT molecular complexity index is 735. The summed E-state index contributed by atoms with van der Waals surface area (Å²) < 4.78 is 7.42. The van der Waals surface area contributed by atoms with Gasteiger partial charge in [0, 0.05) is 5.69 Å². The molecule has 6 heteroatoms. The van der Waals surface area contributed by atoms with Crippen LogP contribution in [-0.4, -0.2) is 27.7 Å². The Morgan fingerprint density at radius 1 is 1.24 bits per heavy atom. The minimum atomic E-state index is 0.550. The lowest BCUT2D eigenvalue weighted by molar-refractivity contribution is 0.332. The van der Waals surface area contributed by atoms with Crippen molar-refractivity contribution in [3.63, 3.8) is 0 Å². The summed E-state index contributed by atoms with van der Waals surface area (Å²) in [5, 5.41) is 7.50. The summed E-state index contributed by atoms with van der Waals surface area (Å²) in [4.78, 5) is 4.19. The molecule has 0 aliphatic heterocycles. The molecule has 0 bridgehead atoms. The minimum absolute atomic E-state index is 0.550. The zero-order valence-corrected chi connectivity index (χ0v) is 11.8. The third-order valence-corrected chi connectivity index (χ3v) is 3.08. The van der Waals surface area contributed by atoms with Crippen molar-refractivity contribution in [2.75, 3.05) is 24.2 Å². The van der Waals surface area contributed by atoms with Crippen molar-refractivity contribution in [2.45, 2.75) is 6.92 Å². The molecule has 0 saturated carbocycles. The van der Waals surface area contributed by atoms with Crippen molar-refractivity contribution in [1.82, 2.24) is 14.6 Å². The van der Waals surface area contributed by atoms with Gasteiger partial charge in [-0.3, -0.25) is 0 Å². The van der Waals surface area contributed by atoms with E-state index in [1.807, 2.05) is 43.3 Å². The maximum atomic E-state index is 5.64. The summed E-state index contributed by atoms with van der Waals surface area (Å²) in [5.41, 5.74) is 8.33. The Morgan fingerprint density at radius 3 is 2.86 bits per heavy atom.